The van der Waals surface area contributed by atoms with Crippen LogP contribution in [0, 0.1) is 13.8 Å². The van der Waals surface area contributed by atoms with Crippen molar-refractivity contribution in [2.75, 3.05) is 11.0 Å². The maximum absolute atomic E-state index is 11.9. The van der Waals surface area contributed by atoms with Gasteiger partial charge in [0, 0.05) is 29.6 Å². The highest BCUT2D eigenvalue weighted by Gasteiger charge is 2.30. The van der Waals surface area contributed by atoms with Crippen molar-refractivity contribution in [3.05, 3.63) is 58.6 Å². The Morgan fingerprint density at radius 1 is 1.13 bits per heavy atom. The van der Waals surface area contributed by atoms with Crippen LogP contribution in [0.4, 0.5) is 5.69 Å². The molecule has 3 heterocycles. The monoisotopic (exact) mass is 444 g/mol. The van der Waals surface area contributed by atoms with E-state index in [0.717, 1.165) is 36.0 Å². The number of aryl methyl sites for hydroxylation is 2. The lowest BCUT2D eigenvalue weighted by molar-refractivity contribution is 0.452. The van der Waals surface area contributed by atoms with E-state index in [2.05, 4.69) is 19.7 Å². The number of hydrogen-bond donors (Lipinski definition) is 1. The molecule has 9 heteroatoms. The third-order valence-electron chi connectivity index (χ3n) is 4.63. The predicted octanol–water partition coefficient (Wildman–Crippen LogP) is 4.85. The van der Waals surface area contributed by atoms with Gasteiger partial charge < -0.3 is 4.74 Å². The average molecular weight is 445 g/mol. The van der Waals surface area contributed by atoms with E-state index >= 15 is 0 Å². The van der Waals surface area contributed by atoms with Crippen molar-refractivity contribution in [3.63, 3.8) is 0 Å². The first-order valence-corrected chi connectivity index (χ1v) is 11.7. The lowest BCUT2D eigenvalue weighted by Crippen LogP contribution is -2.11. The number of ether oxygens (including phenoxy) is 1. The van der Waals surface area contributed by atoms with Crippen LogP contribution in [0.15, 0.2) is 36.7 Å². The highest BCUT2D eigenvalue weighted by atomic mass is 35.5. The minimum Gasteiger partial charge on any atom is -0.435 e. The predicted molar refractivity (Wildman–Crippen MR) is 117 cm³/mol. The molecule has 0 bridgehead atoms. The van der Waals surface area contributed by atoms with Crippen LogP contribution >= 0.6 is 11.6 Å². The van der Waals surface area contributed by atoms with Gasteiger partial charge in [-0.3, -0.25) is 14.7 Å². The lowest BCUT2D eigenvalue weighted by atomic mass is 10.1. The van der Waals surface area contributed by atoms with Crippen LogP contribution in [0.5, 0.6) is 11.6 Å². The summed E-state index contributed by atoms with van der Waals surface area (Å²) in [6.07, 6.45) is 6.37. The van der Waals surface area contributed by atoms with E-state index in [4.69, 9.17) is 16.3 Å². The fourth-order valence-electron chi connectivity index (χ4n) is 3.23. The molecule has 3 aromatic rings. The van der Waals surface area contributed by atoms with Crippen LogP contribution < -0.4 is 9.46 Å². The van der Waals surface area contributed by atoms with Gasteiger partial charge in [-0.1, -0.05) is 11.6 Å². The Balaban J connectivity index is 1.82. The first-order chi connectivity index (χ1) is 14.2. The number of aromatic nitrogens is 3. The molecule has 0 amide bonds. The molecule has 4 rings (SSSR count). The second-order valence-corrected chi connectivity index (χ2v) is 9.67. The quantitative estimate of drug-likeness (QED) is 0.584. The Hall–Kier alpha value is -2.71. The van der Waals surface area contributed by atoms with Gasteiger partial charge in [0.2, 0.25) is 15.9 Å². The van der Waals surface area contributed by atoms with E-state index in [-0.39, 0.29) is 11.6 Å². The highest BCUT2D eigenvalue weighted by molar-refractivity contribution is 7.92. The minimum atomic E-state index is -3.53. The van der Waals surface area contributed by atoms with E-state index in [0.29, 0.717) is 27.9 Å². The fraction of sp³-hybridized carbons (Fsp3) is 0.286. The summed E-state index contributed by atoms with van der Waals surface area (Å²) in [5.41, 5.74) is 4.23. The van der Waals surface area contributed by atoms with Gasteiger partial charge in [0.1, 0.15) is 5.69 Å². The fourth-order valence-corrected chi connectivity index (χ4v) is 3.95. The van der Waals surface area contributed by atoms with Crippen LogP contribution in [0.25, 0.3) is 11.3 Å². The number of halogens is 1. The maximum Gasteiger partial charge on any atom is 0.244 e. The topological polar surface area (TPSA) is 94.1 Å². The van der Waals surface area contributed by atoms with Crippen molar-refractivity contribution in [2.45, 2.75) is 32.6 Å². The molecule has 0 radical (unpaired) electrons. The van der Waals surface area contributed by atoms with Crippen molar-refractivity contribution in [3.8, 4) is 22.9 Å². The molecule has 0 atom stereocenters. The molecule has 0 spiro atoms. The van der Waals surface area contributed by atoms with Crippen LogP contribution in [-0.4, -0.2) is 29.6 Å². The largest absolute Gasteiger partial charge is 0.435 e. The summed E-state index contributed by atoms with van der Waals surface area (Å²) in [5.74, 6) is 1.12. The molecule has 0 unspecified atom stereocenters. The standard InChI is InChI=1S/C21H21ClN4O3S/c1-12-8-13(2)24-19(14-4-5-14)20(12)29-21-18(26-30(3,27)28)7-6-17(25-21)15-9-16(22)11-23-10-15/h6-11,14,26H,4-5H2,1-3H3. The molecule has 1 aliphatic carbocycles. The number of anilines is 1. The zero-order valence-corrected chi connectivity index (χ0v) is 18.4. The van der Waals surface area contributed by atoms with E-state index in [1.165, 1.54) is 6.20 Å². The van der Waals surface area contributed by atoms with Crippen LogP contribution in [0.2, 0.25) is 5.02 Å². The van der Waals surface area contributed by atoms with Gasteiger partial charge in [0.05, 0.1) is 22.7 Å². The molecule has 1 N–H and O–H groups in total. The molecule has 0 saturated heterocycles. The van der Waals surface area contributed by atoms with E-state index in [9.17, 15) is 8.42 Å². The summed E-state index contributed by atoms with van der Waals surface area (Å²) >= 11 is 6.06. The van der Waals surface area contributed by atoms with Gasteiger partial charge >= 0.3 is 0 Å². The number of nitrogens with one attached hydrogen (secondary N) is 1. The van der Waals surface area contributed by atoms with Crippen molar-refractivity contribution in [1.82, 2.24) is 15.0 Å². The maximum atomic E-state index is 11.9. The van der Waals surface area contributed by atoms with Crippen molar-refractivity contribution in [1.29, 1.82) is 0 Å². The highest BCUT2D eigenvalue weighted by Crippen LogP contribution is 2.46. The summed E-state index contributed by atoms with van der Waals surface area (Å²) in [7, 11) is -3.53. The average Bonchev–Trinajstić information content (AvgIpc) is 3.49. The molecule has 1 aliphatic rings. The Kier molecular flexibility index (Phi) is 5.38. The van der Waals surface area contributed by atoms with Gasteiger partial charge in [-0.15, -0.1) is 0 Å². The molecule has 1 fully saturated rings. The molecule has 7 nitrogen and oxygen atoms in total. The normalized spacial score (nSPS) is 13.9. The number of hydrogen-bond acceptors (Lipinski definition) is 6. The van der Waals surface area contributed by atoms with Gasteiger partial charge in [-0.25, -0.2) is 13.4 Å². The van der Waals surface area contributed by atoms with Crippen molar-refractivity contribution >= 4 is 27.3 Å². The first-order valence-electron chi connectivity index (χ1n) is 9.45. The van der Waals surface area contributed by atoms with Crippen LogP contribution in [0.3, 0.4) is 0 Å². The third-order valence-corrected chi connectivity index (χ3v) is 5.43. The molecule has 3 aromatic heterocycles. The minimum absolute atomic E-state index is 0.147. The summed E-state index contributed by atoms with van der Waals surface area (Å²) < 4.78 is 32.4. The SMILES string of the molecule is Cc1cc(C)c(Oc2nc(-c3cncc(Cl)c3)ccc2NS(C)(=O)=O)c(C2CC2)n1. The molecule has 1 saturated carbocycles. The Morgan fingerprint density at radius 2 is 1.90 bits per heavy atom. The van der Waals surface area contributed by atoms with Crippen molar-refractivity contribution in [2.24, 2.45) is 0 Å². The van der Waals surface area contributed by atoms with Gasteiger partial charge in [0.15, 0.2) is 5.75 Å². The Labute approximate surface area is 180 Å². The summed E-state index contributed by atoms with van der Waals surface area (Å²) in [4.78, 5) is 13.3. The molecule has 30 heavy (non-hydrogen) atoms. The summed E-state index contributed by atoms with van der Waals surface area (Å²) in [6.45, 7) is 3.90. The van der Waals surface area contributed by atoms with Crippen LogP contribution in [0.1, 0.15) is 35.7 Å². The van der Waals surface area contributed by atoms with E-state index in [1.807, 2.05) is 19.9 Å². The number of pyridine rings is 3. The number of sulfonamides is 1. The third kappa shape index (κ3) is 4.71. The molecule has 0 aliphatic heterocycles. The molecule has 156 valence electrons. The molecular weight excluding hydrogens is 424 g/mol. The van der Waals surface area contributed by atoms with Crippen LogP contribution in [-0.2, 0) is 10.0 Å². The van der Waals surface area contributed by atoms with E-state index < -0.39 is 10.0 Å². The Morgan fingerprint density at radius 3 is 2.57 bits per heavy atom. The van der Waals surface area contributed by atoms with Gasteiger partial charge in [-0.05, 0) is 56.5 Å². The van der Waals surface area contributed by atoms with E-state index in [1.54, 1.807) is 24.4 Å². The molecule has 0 aromatic carbocycles. The smallest absolute Gasteiger partial charge is 0.244 e. The second kappa shape index (κ2) is 7.85. The Bertz CT molecular complexity index is 1230. The lowest BCUT2D eigenvalue weighted by Gasteiger charge is -2.17. The second-order valence-electron chi connectivity index (χ2n) is 7.49. The van der Waals surface area contributed by atoms with Gasteiger partial charge in [-0.2, -0.15) is 0 Å². The van der Waals surface area contributed by atoms with Crippen molar-refractivity contribution < 1.29 is 13.2 Å². The zero-order valence-electron chi connectivity index (χ0n) is 16.8. The summed E-state index contributed by atoms with van der Waals surface area (Å²) in [6, 6.07) is 6.98. The molecular formula is C21H21ClN4O3S. The van der Waals surface area contributed by atoms with Gasteiger partial charge in [0.25, 0.3) is 0 Å². The number of rotatable bonds is 6. The summed E-state index contributed by atoms with van der Waals surface area (Å²) in [5, 5.41) is 0.477. The zero-order chi connectivity index (χ0) is 21.5. The first kappa shape index (κ1) is 20.6. The number of nitrogens with zero attached hydrogens (tertiary/aromatic N) is 3.